The molecular formula is C26H25N5O2S. The lowest BCUT2D eigenvalue weighted by Gasteiger charge is -2.48. The molecule has 6 rings (SSSR count). The number of hydrogen-bond donors (Lipinski definition) is 1. The van der Waals surface area contributed by atoms with Crippen molar-refractivity contribution in [3.05, 3.63) is 76.7 Å². The van der Waals surface area contributed by atoms with E-state index in [-0.39, 0.29) is 11.8 Å². The van der Waals surface area contributed by atoms with Crippen LogP contribution in [0.15, 0.2) is 66.2 Å². The van der Waals surface area contributed by atoms with Gasteiger partial charge in [0.15, 0.2) is 5.01 Å². The molecule has 0 spiro atoms. The summed E-state index contributed by atoms with van der Waals surface area (Å²) in [7, 11) is 0. The Hall–Kier alpha value is -3.49. The number of carbonyl (C=O) groups is 2. The van der Waals surface area contributed by atoms with Crippen LogP contribution in [-0.4, -0.2) is 81.8 Å². The molecule has 7 nitrogen and oxygen atoms in total. The van der Waals surface area contributed by atoms with Gasteiger partial charge in [0.2, 0.25) is 0 Å². The van der Waals surface area contributed by atoms with Crippen LogP contribution in [0.4, 0.5) is 0 Å². The van der Waals surface area contributed by atoms with Crippen molar-refractivity contribution in [1.82, 2.24) is 24.7 Å². The normalized spacial score (nSPS) is 17.2. The lowest BCUT2D eigenvalue weighted by molar-refractivity contribution is 0.00854. The third-order valence-electron chi connectivity index (χ3n) is 6.84. The topological polar surface area (TPSA) is 72.5 Å². The summed E-state index contributed by atoms with van der Waals surface area (Å²) >= 11 is 1.39. The second kappa shape index (κ2) is 8.70. The van der Waals surface area contributed by atoms with Crippen LogP contribution in [0.1, 0.15) is 20.2 Å². The fourth-order valence-corrected chi connectivity index (χ4v) is 5.42. The molecule has 0 atom stereocenters. The standard InChI is InChI=1S/C26H25N5O2S/c32-25(20-7-6-19-14-22(28-23(19)15-20)18-4-2-1-3-5-18)31-16-21(17-31)29-9-11-30(12-10-29)26(33)24-27-8-13-34-24/h1-8,13-15,21,28H,9-12,16-17H2. The molecular weight excluding hydrogens is 446 g/mol. The number of thiazole rings is 1. The monoisotopic (exact) mass is 471 g/mol. The molecule has 4 aromatic rings. The van der Waals surface area contributed by atoms with Gasteiger partial charge in [-0.2, -0.15) is 0 Å². The number of piperazine rings is 1. The van der Waals surface area contributed by atoms with Crippen LogP contribution in [0.3, 0.4) is 0 Å². The molecule has 2 aliphatic heterocycles. The lowest BCUT2D eigenvalue weighted by Crippen LogP contribution is -2.64. The maximum absolute atomic E-state index is 13.1. The highest BCUT2D eigenvalue weighted by Gasteiger charge is 2.37. The van der Waals surface area contributed by atoms with Crippen molar-refractivity contribution >= 4 is 34.1 Å². The van der Waals surface area contributed by atoms with Gasteiger partial charge in [-0.15, -0.1) is 11.3 Å². The Kier molecular flexibility index (Phi) is 5.39. The van der Waals surface area contributed by atoms with Crippen molar-refractivity contribution < 1.29 is 9.59 Å². The first-order valence-electron chi connectivity index (χ1n) is 11.6. The molecule has 0 saturated carbocycles. The first kappa shape index (κ1) is 21.1. The molecule has 4 heterocycles. The predicted molar refractivity (Wildman–Crippen MR) is 133 cm³/mol. The van der Waals surface area contributed by atoms with E-state index in [0.717, 1.165) is 48.3 Å². The van der Waals surface area contributed by atoms with Gasteiger partial charge in [0.1, 0.15) is 0 Å². The van der Waals surface area contributed by atoms with Crippen LogP contribution in [0.25, 0.3) is 22.2 Å². The van der Waals surface area contributed by atoms with Gasteiger partial charge >= 0.3 is 0 Å². The largest absolute Gasteiger partial charge is 0.355 e. The number of aromatic nitrogens is 2. The van der Waals surface area contributed by atoms with Crippen molar-refractivity contribution in [3.8, 4) is 11.3 Å². The van der Waals surface area contributed by atoms with Crippen LogP contribution in [0, 0.1) is 0 Å². The molecule has 2 amide bonds. The van der Waals surface area contributed by atoms with Crippen LogP contribution in [0.5, 0.6) is 0 Å². The summed E-state index contributed by atoms with van der Waals surface area (Å²) < 4.78 is 0. The number of fused-ring (bicyclic) bond motifs is 1. The zero-order valence-electron chi connectivity index (χ0n) is 18.7. The summed E-state index contributed by atoms with van der Waals surface area (Å²) in [6.07, 6.45) is 1.67. The third-order valence-corrected chi connectivity index (χ3v) is 7.60. The van der Waals surface area contributed by atoms with Crippen molar-refractivity contribution in [2.24, 2.45) is 0 Å². The minimum absolute atomic E-state index is 0.0233. The molecule has 8 heteroatoms. The molecule has 0 unspecified atom stereocenters. The number of likely N-dealkylation sites (tertiary alicyclic amines) is 1. The Labute approximate surface area is 201 Å². The number of rotatable bonds is 4. The van der Waals surface area contributed by atoms with Gasteiger partial charge in [-0.05, 0) is 23.8 Å². The minimum Gasteiger partial charge on any atom is -0.355 e. The highest BCUT2D eigenvalue weighted by molar-refractivity contribution is 7.11. The fraction of sp³-hybridized carbons (Fsp3) is 0.269. The second-order valence-electron chi connectivity index (χ2n) is 8.88. The number of H-pyrrole nitrogens is 1. The maximum Gasteiger partial charge on any atom is 0.282 e. The lowest BCUT2D eigenvalue weighted by atomic mass is 10.0. The van der Waals surface area contributed by atoms with Crippen LogP contribution in [0.2, 0.25) is 0 Å². The molecule has 1 N–H and O–H groups in total. The average Bonchev–Trinajstić information content (AvgIpc) is 3.53. The summed E-state index contributed by atoms with van der Waals surface area (Å²) in [4.78, 5) is 39.4. The van der Waals surface area contributed by atoms with Crippen molar-refractivity contribution in [2.45, 2.75) is 6.04 Å². The maximum atomic E-state index is 13.1. The van der Waals surface area contributed by atoms with E-state index in [1.54, 1.807) is 6.20 Å². The fourth-order valence-electron chi connectivity index (χ4n) is 4.82. The third kappa shape index (κ3) is 3.89. The van der Waals surface area contributed by atoms with E-state index in [0.29, 0.717) is 29.7 Å². The number of nitrogens with zero attached hydrogens (tertiary/aromatic N) is 4. The predicted octanol–water partition coefficient (Wildman–Crippen LogP) is 3.57. The Balaban J connectivity index is 1.06. The van der Waals surface area contributed by atoms with E-state index in [1.807, 2.05) is 51.6 Å². The quantitative estimate of drug-likeness (QED) is 0.494. The van der Waals surface area contributed by atoms with E-state index in [1.165, 1.54) is 11.3 Å². The van der Waals surface area contributed by atoms with Crippen molar-refractivity contribution in [1.29, 1.82) is 0 Å². The van der Waals surface area contributed by atoms with Crippen LogP contribution >= 0.6 is 11.3 Å². The molecule has 172 valence electrons. The van der Waals surface area contributed by atoms with E-state index in [4.69, 9.17) is 0 Å². The molecule has 2 saturated heterocycles. The first-order chi connectivity index (χ1) is 16.7. The van der Waals surface area contributed by atoms with E-state index in [2.05, 4.69) is 33.1 Å². The zero-order valence-corrected chi connectivity index (χ0v) is 19.5. The van der Waals surface area contributed by atoms with E-state index >= 15 is 0 Å². The zero-order chi connectivity index (χ0) is 23.1. The molecule has 0 aliphatic carbocycles. The average molecular weight is 472 g/mol. The Morgan fingerprint density at radius 2 is 1.71 bits per heavy atom. The van der Waals surface area contributed by atoms with Crippen LogP contribution < -0.4 is 0 Å². The number of aromatic amines is 1. The Morgan fingerprint density at radius 3 is 2.44 bits per heavy atom. The number of amides is 2. The molecule has 2 fully saturated rings. The van der Waals surface area contributed by atoms with Crippen LogP contribution in [-0.2, 0) is 0 Å². The summed E-state index contributed by atoms with van der Waals surface area (Å²) in [5.74, 6) is 0.0989. The number of carbonyl (C=O) groups excluding carboxylic acids is 2. The SMILES string of the molecule is O=C(c1ccc2cc(-c3ccccc3)[nH]c2c1)N1CC(N2CCN(C(=O)c3nccs3)CC2)C1. The summed E-state index contributed by atoms with van der Waals surface area (Å²) in [5, 5.41) is 3.49. The Bertz CT molecular complexity index is 1320. The van der Waals surface area contributed by atoms with Gasteiger partial charge in [-0.3, -0.25) is 14.5 Å². The summed E-state index contributed by atoms with van der Waals surface area (Å²) in [6, 6.07) is 18.6. The molecule has 2 aromatic carbocycles. The smallest absolute Gasteiger partial charge is 0.282 e. The number of nitrogens with one attached hydrogen (secondary N) is 1. The summed E-state index contributed by atoms with van der Waals surface area (Å²) in [6.45, 7) is 4.54. The highest BCUT2D eigenvalue weighted by atomic mass is 32.1. The Morgan fingerprint density at radius 1 is 0.912 bits per heavy atom. The second-order valence-corrected chi connectivity index (χ2v) is 9.78. The van der Waals surface area contributed by atoms with Gasteiger partial charge in [0.05, 0.1) is 0 Å². The number of hydrogen-bond acceptors (Lipinski definition) is 5. The van der Waals surface area contributed by atoms with E-state index < -0.39 is 0 Å². The van der Waals surface area contributed by atoms with Gasteiger partial charge in [0.25, 0.3) is 11.8 Å². The van der Waals surface area contributed by atoms with Gasteiger partial charge in [-0.1, -0.05) is 36.4 Å². The summed E-state index contributed by atoms with van der Waals surface area (Å²) in [5.41, 5.74) is 3.87. The van der Waals surface area contributed by atoms with Gasteiger partial charge in [-0.25, -0.2) is 4.98 Å². The molecule has 34 heavy (non-hydrogen) atoms. The molecule has 0 bridgehead atoms. The van der Waals surface area contributed by atoms with E-state index in [9.17, 15) is 9.59 Å². The minimum atomic E-state index is 0.0233. The molecule has 2 aromatic heterocycles. The first-order valence-corrected chi connectivity index (χ1v) is 12.4. The molecule has 2 aliphatic rings. The van der Waals surface area contributed by atoms with Gasteiger partial charge < -0.3 is 14.8 Å². The molecule has 0 radical (unpaired) electrons. The van der Waals surface area contributed by atoms with Crippen molar-refractivity contribution in [3.63, 3.8) is 0 Å². The highest BCUT2D eigenvalue weighted by Crippen LogP contribution is 2.26. The van der Waals surface area contributed by atoms with Gasteiger partial charge in [0, 0.05) is 79.0 Å². The van der Waals surface area contributed by atoms with Crippen molar-refractivity contribution in [2.75, 3.05) is 39.3 Å². The number of benzene rings is 2.